The number of thiophene rings is 1. The third-order valence-corrected chi connectivity index (χ3v) is 4.98. The van der Waals surface area contributed by atoms with Gasteiger partial charge in [-0.25, -0.2) is 0 Å². The minimum absolute atomic E-state index is 0.140. The van der Waals surface area contributed by atoms with E-state index in [0.717, 1.165) is 5.56 Å². The number of para-hydroxylation sites is 2. The molecule has 2 amide bonds. The maximum Gasteiger partial charge on any atom is 0.262 e. The van der Waals surface area contributed by atoms with Crippen molar-refractivity contribution in [1.82, 2.24) is 5.32 Å². The second-order valence-electron chi connectivity index (χ2n) is 6.06. The lowest BCUT2D eigenvalue weighted by Crippen LogP contribution is -2.45. The quantitative estimate of drug-likeness (QED) is 0.571. The first-order valence-electron chi connectivity index (χ1n) is 8.63. The second kappa shape index (κ2) is 9.05. The first-order valence-corrected chi connectivity index (χ1v) is 9.51. The highest BCUT2D eigenvalue weighted by molar-refractivity contribution is 7.12. The summed E-state index contributed by atoms with van der Waals surface area (Å²) in [5, 5.41) is 16.9. The molecule has 6 nitrogen and oxygen atoms in total. The zero-order valence-corrected chi connectivity index (χ0v) is 16.0. The molecule has 0 saturated heterocycles. The molecule has 0 fully saturated rings. The summed E-state index contributed by atoms with van der Waals surface area (Å²) in [6.07, 6.45) is 0.276. The Labute approximate surface area is 166 Å². The van der Waals surface area contributed by atoms with Crippen LogP contribution in [0.4, 0.5) is 5.69 Å². The monoisotopic (exact) mass is 396 g/mol. The van der Waals surface area contributed by atoms with Gasteiger partial charge in [0.2, 0.25) is 5.91 Å². The molecule has 0 aliphatic heterocycles. The number of carbonyl (C=O) groups is 2. The molecule has 1 heterocycles. The molecule has 0 saturated carbocycles. The zero-order chi connectivity index (χ0) is 19.9. The molecule has 0 spiro atoms. The van der Waals surface area contributed by atoms with Gasteiger partial charge in [0.15, 0.2) is 0 Å². The summed E-state index contributed by atoms with van der Waals surface area (Å²) >= 11 is 1.31. The first-order chi connectivity index (χ1) is 13.6. The Morgan fingerprint density at radius 2 is 1.82 bits per heavy atom. The van der Waals surface area contributed by atoms with Crippen molar-refractivity contribution in [3.05, 3.63) is 76.5 Å². The van der Waals surface area contributed by atoms with Gasteiger partial charge >= 0.3 is 0 Å². The van der Waals surface area contributed by atoms with Gasteiger partial charge in [-0.15, -0.1) is 11.3 Å². The molecule has 7 heteroatoms. The number of benzene rings is 2. The smallest absolute Gasteiger partial charge is 0.262 e. The minimum atomic E-state index is -0.802. The summed E-state index contributed by atoms with van der Waals surface area (Å²) in [6.45, 7) is 0. The fourth-order valence-corrected chi connectivity index (χ4v) is 3.31. The molecule has 3 aromatic rings. The van der Waals surface area contributed by atoms with Gasteiger partial charge in [-0.3, -0.25) is 9.59 Å². The van der Waals surface area contributed by atoms with E-state index >= 15 is 0 Å². The van der Waals surface area contributed by atoms with Gasteiger partial charge in [-0.1, -0.05) is 30.3 Å². The van der Waals surface area contributed by atoms with Crippen molar-refractivity contribution in [3.8, 4) is 11.5 Å². The predicted octanol–water partition coefficient (Wildman–Crippen LogP) is 3.44. The maximum atomic E-state index is 12.9. The molecule has 0 bridgehead atoms. The lowest BCUT2D eigenvalue weighted by atomic mass is 10.0. The van der Waals surface area contributed by atoms with Gasteiger partial charge < -0.3 is 20.5 Å². The summed E-state index contributed by atoms with van der Waals surface area (Å²) < 4.78 is 5.27. The Bertz CT molecular complexity index is 939. The second-order valence-corrected chi connectivity index (χ2v) is 7.01. The average molecular weight is 396 g/mol. The molecule has 3 rings (SSSR count). The van der Waals surface area contributed by atoms with Crippen molar-refractivity contribution in [3.63, 3.8) is 0 Å². The lowest BCUT2D eigenvalue weighted by Gasteiger charge is -2.19. The fraction of sp³-hybridized carbons (Fsp3) is 0.143. The number of phenols is 1. The molecule has 1 aromatic heterocycles. The van der Waals surface area contributed by atoms with Crippen LogP contribution >= 0.6 is 11.3 Å². The highest BCUT2D eigenvalue weighted by Gasteiger charge is 2.23. The van der Waals surface area contributed by atoms with Gasteiger partial charge in [0.25, 0.3) is 5.91 Å². The summed E-state index contributed by atoms with van der Waals surface area (Å²) in [5.74, 6) is 0.00153. The Hall–Kier alpha value is -3.32. The summed E-state index contributed by atoms with van der Waals surface area (Å²) in [6, 6.07) is 16.3. The number of hydrogen-bond donors (Lipinski definition) is 3. The van der Waals surface area contributed by atoms with Crippen molar-refractivity contribution in [2.24, 2.45) is 0 Å². The van der Waals surface area contributed by atoms with E-state index in [1.807, 2.05) is 0 Å². The van der Waals surface area contributed by atoms with Crippen molar-refractivity contribution < 1.29 is 19.4 Å². The molecule has 2 aromatic carbocycles. The van der Waals surface area contributed by atoms with Crippen molar-refractivity contribution in [2.75, 3.05) is 12.4 Å². The number of nitrogens with one attached hydrogen (secondary N) is 2. The number of aromatic hydroxyl groups is 1. The third-order valence-electron chi connectivity index (χ3n) is 4.11. The van der Waals surface area contributed by atoms with Gasteiger partial charge in [0.1, 0.15) is 17.5 Å². The fourth-order valence-electron chi connectivity index (χ4n) is 2.68. The maximum absolute atomic E-state index is 12.9. The van der Waals surface area contributed by atoms with Crippen LogP contribution in [0.5, 0.6) is 11.5 Å². The van der Waals surface area contributed by atoms with E-state index in [0.29, 0.717) is 16.3 Å². The van der Waals surface area contributed by atoms with E-state index in [-0.39, 0.29) is 24.0 Å². The van der Waals surface area contributed by atoms with E-state index in [1.54, 1.807) is 66.0 Å². The molecule has 0 aliphatic carbocycles. The molecule has 0 aliphatic rings. The normalized spacial score (nSPS) is 11.5. The van der Waals surface area contributed by atoms with E-state index in [9.17, 15) is 14.7 Å². The van der Waals surface area contributed by atoms with Crippen LogP contribution in [0.3, 0.4) is 0 Å². The van der Waals surface area contributed by atoms with Crippen LogP contribution in [-0.4, -0.2) is 30.1 Å². The Balaban J connectivity index is 1.80. The molecule has 1 unspecified atom stereocenters. The molecule has 144 valence electrons. The van der Waals surface area contributed by atoms with Crippen LogP contribution < -0.4 is 15.4 Å². The number of methoxy groups -OCH3 is 1. The standard InChI is InChI=1S/C21H20N2O4S/c1-27-18-6-3-2-5-16(18)22-20(25)17(13-14-8-10-15(24)11-9-14)23-21(26)19-7-4-12-28-19/h2-12,17,24H,13H2,1H3,(H,22,25)(H,23,26). The van der Waals surface area contributed by atoms with E-state index in [4.69, 9.17) is 4.74 Å². The van der Waals surface area contributed by atoms with Crippen LogP contribution in [-0.2, 0) is 11.2 Å². The van der Waals surface area contributed by atoms with Crippen LogP contribution in [0.25, 0.3) is 0 Å². The number of phenolic OH excluding ortho intramolecular Hbond substituents is 1. The molecular formula is C21H20N2O4S. The van der Waals surface area contributed by atoms with E-state index in [1.165, 1.54) is 18.4 Å². The van der Waals surface area contributed by atoms with Crippen molar-refractivity contribution in [1.29, 1.82) is 0 Å². The van der Waals surface area contributed by atoms with Crippen molar-refractivity contribution in [2.45, 2.75) is 12.5 Å². The van der Waals surface area contributed by atoms with Crippen LogP contribution in [0, 0.1) is 0 Å². The van der Waals surface area contributed by atoms with Gasteiger partial charge in [0.05, 0.1) is 17.7 Å². The summed E-state index contributed by atoms with van der Waals surface area (Å²) in [4.78, 5) is 26.0. The Morgan fingerprint density at radius 3 is 2.50 bits per heavy atom. The number of amides is 2. The number of ether oxygens (including phenoxy) is 1. The van der Waals surface area contributed by atoms with Crippen LogP contribution in [0.1, 0.15) is 15.2 Å². The molecular weight excluding hydrogens is 376 g/mol. The lowest BCUT2D eigenvalue weighted by molar-refractivity contribution is -0.118. The molecule has 28 heavy (non-hydrogen) atoms. The minimum Gasteiger partial charge on any atom is -0.508 e. The SMILES string of the molecule is COc1ccccc1NC(=O)C(Cc1ccc(O)cc1)NC(=O)c1cccs1. The molecule has 0 radical (unpaired) electrons. The first kappa shape index (κ1) is 19.4. The predicted molar refractivity (Wildman–Crippen MR) is 109 cm³/mol. The van der Waals surface area contributed by atoms with Gasteiger partial charge in [-0.2, -0.15) is 0 Å². The van der Waals surface area contributed by atoms with Crippen molar-refractivity contribution >= 4 is 28.8 Å². The number of rotatable bonds is 7. The topological polar surface area (TPSA) is 87.7 Å². The average Bonchev–Trinajstić information content (AvgIpc) is 3.24. The van der Waals surface area contributed by atoms with Crippen LogP contribution in [0.2, 0.25) is 0 Å². The number of hydrogen-bond acceptors (Lipinski definition) is 5. The van der Waals surface area contributed by atoms with E-state index in [2.05, 4.69) is 10.6 Å². The zero-order valence-electron chi connectivity index (χ0n) is 15.2. The summed E-state index contributed by atoms with van der Waals surface area (Å²) in [7, 11) is 1.53. The highest BCUT2D eigenvalue weighted by Crippen LogP contribution is 2.23. The van der Waals surface area contributed by atoms with E-state index < -0.39 is 6.04 Å². The Kier molecular flexibility index (Phi) is 6.29. The Morgan fingerprint density at radius 1 is 1.07 bits per heavy atom. The van der Waals surface area contributed by atoms with Gasteiger partial charge in [-0.05, 0) is 41.3 Å². The molecule has 1 atom stereocenters. The molecule has 3 N–H and O–H groups in total. The van der Waals surface area contributed by atoms with Crippen LogP contribution in [0.15, 0.2) is 66.0 Å². The third kappa shape index (κ3) is 4.89. The number of anilines is 1. The highest BCUT2D eigenvalue weighted by atomic mass is 32.1. The van der Waals surface area contributed by atoms with Gasteiger partial charge in [0, 0.05) is 6.42 Å². The number of carbonyl (C=O) groups excluding carboxylic acids is 2. The summed E-state index contributed by atoms with van der Waals surface area (Å²) in [5.41, 5.74) is 1.33. The largest absolute Gasteiger partial charge is 0.508 e.